The maximum Gasteiger partial charge on any atom is 0.306 e. The van der Waals surface area contributed by atoms with Crippen molar-refractivity contribution in [2.75, 3.05) is 19.8 Å². The van der Waals surface area contributed by atoms with Gasteiger partial charge in [-0.25, -0.2) is 0 Å². The summed E-state index contributed by atoms with van der Waals surface area (Å²) in [5.74, 6) is -2.11. The lowest BCUT2D eigenvalue weighted by Gasteiger charge is -2.34. The van der Waals surface area contributed by atoms with Crippen LogP contribution in [0.15, 0.2) is 0 Å². The fourth-order valence-electron chi connectivity index (χ4n) is 2.71. The van der Waals surface area contributed by atoms with E-state index >= 15 is 0 Å². The quantitative estimate of drug-likeness (QED) is 0.731. The van der Waals surface area contributed by atoms with Gasteiger partial charge in [-0.1, -0.05) is 12.8 Å². The first-order valence-corrected chi connectivity index (χ1v) is 6.23. The van der Waals surface area contributed by atoms with Crippen molar-refractivity contribution in [3.63, 3.8) is 0 Å². The van der Waals surface area contributed by atoms with Gasteiger partial charge in [0.05, 0.1) is 5.92 Å². The molecule has 2 amide bonds. The number of hydrogen-bond acceptors (Lipinski definition) is 4. The van der Waals surface area contributed by atoms with Gasteiger partial charge < -0.3 is 9.84 Å². The highest BCUT2D eigenvalue weighted by atomic mass is 16.5. The van der Waals surface area contributed by atoms with Crippen LogP contribution in [0.2, 0.25) is 0 Å². The Labute approximate surface area is 105 Å². The molecule has 1 saturated carbocycles. The molecule has 2 aliphatic rings. The number of carbonyl (C=O) groups excluding carboxylic acids is 2. The molecule has 0 aromatic heterocycles. The van der Waals surface area contributed by atoms with Crippen LogP contribution in [-0.2, 0) is 19.1 Å². The second-order valence-electron chi connectivity index (χ2n) is 4.88. The van der Waals surface area contributed by atoms with Crippen LogP contribution in [0.25, 0.3) is 0 Å². The number of morpholine rings is 1. The van der Waals surface area contributed by atoms with Crippen LogP contribution < -0.4 is 0 Å². The van der Waals surface area contributed by atoms with E-state index in [-0.39, 0.29) is 37.5 Å². The van der Waals surface area contributed by atoms with Gasteiger partial charge in [0, 0.05) is 6.54 Å². The molecular weight excluding hydrogens is 238 g/mol. The minimum absolute atomic E-state index is 0.0871. The molecule has 1 aliphatic carbocycles. The standard InChI is InChI=1S/C12H17NO5/c14-10-6-18-7-11(15)13(10)5-8-3-1-2-4-9(8)12(16)17/h8-9H,1-7H2,(H,16,17). The first-order chi connectivity index (χ1) is 8.59. The van der Waals surface area contributed by atoms with Crippen LogP contribution >= 0.6 is 0 Å². The van der Waals surface area contributed by atoms with Crippen molar-refractivity contribution in [2.45, 2.75) is 25.7 Å². The van der Waals surface area contributed by atoms with E-state index in [2.05, 4.69) is 0 Å². The Kier molecular flexibility index (Phi) is 3.96. The van der Waals surface area contributed by atoms with Gasteiger partial charge in [-0.05, 0) is 18.8 Å². The normalized spacial score (nSPS) is 29.4. The van der Waals surface area contributed by atoms with E-state index in [0.717, 1.165) is 24.2 Å². The van der Waals surface area contributed by atoms with Crippen LogP contribution in [0.5, 0.6) is 0 Å². The highest BCUT2D eigenvalue weighted by Gasteiger charge is 2.36. The fourth-order valence-corrected chi connectivity index (χ4v) is 2.71. The number of carbonyl (C=O) groups is 3. The number of aliphatic carboxylic acids is 1. The zero-order valence-corrected chi connectivity index (χ0v) is 10.1. The van der Waals surface area contributed by atoms with Gasteiger partial charge >= 0.3 is 5.97 Å². The zero-order chi connectivity index (χ0) is 13.1. The minimum Gasteiger partial charge on any atom is -0.481 e. The highest BCUT2D eigenvalue weighted by Crippen LogP contribution is 2.31. The van der Waals surface area contributed by atoms with Gasteiger partial charge in [0.15, 0.2) is 0 Å². The smallest absolute Gasteiger partial charge is 0.306 e. The Morgan fingerprint density at radius 2 is 1.83 bits per heavy atom. The molecule has 2 unspecified atom stereocenters. The van der Waals surface area contributed by atoms with E-state index in [1.165, 1.54) is 0 Å². The molecule has 2 atom stereocenters. The Hall–Kier alpha value is -1.43. The summed E-state index contributed by atoms with van der Waals surface area (Å²) in [7, 11) is 0. The van der Waals surface area contributed by atoms with Crippen molar-refractivity contribution in [1.82, 2.24) is 4.90 Å². The molecule has 6 nitrogen and oxygen atoms in total. The Morgan fingerprint density at radius 3 is 2.44 bits per heavy atom. The predicted octanol–water partition coefficient (Wildman–Crippen LogP) is 0.263. The Morgan fingerprint density at radius 1 is 1.22 bits per heavy atom. The third-order valence-electron chi connectivity index (χ3n) is 3.70. The molecule has 0 bridgehead atoms. The maximum absolute atomic E-state index is 11.6. The van der Waals surface area contributed by atoms with Crippen LogP contribution in [0.3, 0.4) is 0 Å². The lowest BCUT2D eigenvalue weighted by molar-refractivity contribution is -0.161. The molecule has 0 aromatic carbocycles. The van der Waals surface area contributed by atoms with Crippen molar-refractivity contribution < 1.29 is 24.2 Å². The summed E-state index contributed by atoms with van der Waals surface area (Å²) in [6.07, 6.45) is 3.25. The summed E-state index contributed by atoms with van der Waals surface area (Å²) >= 11 is 0. The molecule has 1 heterocycles. The molecule has 1 aliphatic heterocycles. The van der Waals surface area contributed by atoms with Crippen LogP contribution in [0, 0.1) is 11.8 Å². The lowest BCUT2D eigenvalue weighted by Crippen LogP contribution is -2.49. The number of ether oxygens (including phenoxy) is 1. The van der Waals surface area contributed by atoms with Gasteiger partial charge in [0.2, 0.25) is 0 Å². The zero-order valence-electron chi connectivity index (χ0n) is 10.1. The highest BCUT2D eigenvalue weighted by molar-refractivity contribution is 5.98. The minimum atomic E-state index is -0.826. The van der Waals surface area contributed by atoms with Crippen molar-refractivity contribution in [3.8, 4) is 0 Å². The summed E-state index contributed by atoms with van der Waals surface area (Å²) in [6.45, 7) is 0.0460. The monoisotopic (exact) mass is 255 g/mol. The third kappa shape index (κ3) is 2.69. The van der Waals surface area contributed by atoms with Crippen molar-refractivity contribution >= 4 is 17.8 Å². The number of rotatable bonds is 3. The molecule has 0 spiro atoms. The molecule has 0 aromatic rings. The van der Waals surface area contributed by atoms with Crippen molar-refractivity contribution in [3.05, 3.63) is 0 Å². The molecule has 2 rings (SSSR count). The number of hydrogen-bond donors (Lipinski definition) is 1. The summed E-state index contributed by atoms with van der Waals surface area (Å²) in [6, 6.07) is 0. The summed E-state index contributed by atoms with van der Waals surface area (Å²) in [4.78, 5) is 35.5. The van der Waals surface area contributed by atoms with Gasteiger partial charge in [0.1, 0.15) is 13.2 Å². The molecule has 1 saturated heterocycles. The topological polar surface area (TPSA) is 83.9 Å². The first kappa shape index (κ1) is 13.0. The van der Waals surface area contributed by atoms with Crippen molar-refractivity contribution in [2.24, 2.45) is 11.8 Å². The Bertz CT molecular complexity index is 351. The van der Waals surface area contributed by atoms with Gasteiger partial charge in [0.25, 0.3) is 11.8 Å². The molecule has 100 valence electrons. The van der Waals surface area contributed by atoms with Gasteiger partial charge in [-0.2, -0.15) is 0 Å². The number of nitrogens with zero attached hydrogens (tertiary/aromatic N) is 1. The van der Waals surface area contributed by atoms with Gasteiger partial charge in [-0.15, -0.1) is 0 Å². The average molecular weight is 255 g/mol. The van der Waals surface area contributed by atoms with E-state index in [1.54, 1.807) is 0 Å². The maximum atomic E-state index is 11.6. The van der Waals surface area contributed by atoms with Crippen molar-refractivity contribution in [1.29, 1.82) is 0 Å². The summed E-state index contributed by atoms with van der Waals surface area (Å²) in [5.41, 5.74) is 0. The Balaban J connectivity index is 2.03. The molecule has 18 heavy (non-hydrogen) atoms. The van der Waals surface area contributed by atoms with Crippen LogP contribution in [0.4, 0.5) is 0 Å². The fraction of sp³-hybridized carbons (Fsp3) is 0.750. The van der Waals surface area contributed by atoms with E-state index in [1.807, 2.05) is 0 Å². The summed E-state index contributed by atoms with van der Waals surface area (Å²) in [5, 5.41) is 9.16. The number of amides is 2. The second kappa shape index (κ2) is 5.48. The van der Waals surface area contributed by atoms with E-state index < -0.39 is 11.9 Å². The third-order valence-corrected chi connectivity index (χ3v) is 3.70. The van der Waals surface area contributed by atoms with Gasteiger partial charge in [-0.3, -0.25) is 19.3 Å². The van der Waals surface area contributed by atoms with Crippen LogP contribution in [-0.4, -0.2) is 47.5 Å². The van der Waals surface area contributed by atoms with E-state index in [9.17, 15) is 14.4 Å². The molecule has 1 N–H and O–H groups in total. The first-order valence-electron chi connectivity index (χ1n) is 6.23. The predicted molar refractivity (Wildman–Crippen MR) is 60.6 cm³/mol. The largest absolute Gasteiger partial charge is 0.481 e. The lowest BCUT2D eigenvalue weighted by atomic mass is 9.79. The van der Waals surface area contributed by atoms with E-state index in [4.69, 9.17) is 9.84 Å². The summed E-state index contributed by atoms with van der Waals surface area (Å²) < 4.78 is 4.83. The molecule has 0 radical (unpaired) electrons. The number of carboxylic acid groups (broad SMARTS) is 1. The molecule has 6 heteroatoms. The second-order valence-corrected chi connectivity index (χ2v) is 4.88. The SMILES string of the molecule is O=C(O)C1CCCCC1CN1C(=O)COCC1=O. The average Bonchev–Trinajstić information content (AvgIpc) is 2.34. The molecular formula is C12H17NO5. The number of imide groups is 1. The van der Waals surface area contributed by atoms with E-state index in [0.29, 0.717) is 6.42 Å². The number of carboxylic acids is 1. The van der Waals surface area contributed by atoms with Crippen LogP contribution in [0.1, 0.15) is 25.7 Å². The molecule has 2 fully saturated rings.